The minimum absolute atomic E-state index is 0.0679. The van der Waals surface area contributed by atoms with Gasteiger partial charge in [-0.05, 0) is 30.9 Å². The van der Waals surface area contributed by atoms with Gasteiger partial charge in [0.2, 0.25) is 0 Å². The van der Waals surface area contributed by atoms with E-state index in [9.17, 15) is 4.79 Å². The maximum absolute atomic E-state index is 12.6. The molecule has 0 aliphatic carbocycles. The van der Waals surface area contributed by atoms with Gasteiger partial charge in [0.05, 0.1) is 0 Å². The molecule has 144 valence electrons. The van der Waals surface area contributed by atoms with Crippen molar-refractivity contribution in [1.29, 1.82) is 0 Å². The number of hydrogen-bond acceptors (Lipinski definition) is 3. The van der Waals surface area contributed by atoms with Crippen molar-refractivity contribution < 1.29 is 9.53 Å². The zero-order chi connectivity index (χ0) is 18.6. The highest BCUT2D eigenvalue weighted by atomic mass is 16.5. The molecule has 2 aliphatic heterocycles. The van der Waals surface area contributed by atoms with Gasteiger partial charge in [0.25, 0.3) is 0 Å². The van der Waals surface area contributed by atoms with Crippen LogP contribution in [0.4, 0.5) is 4.79 Å². The van der Waals surface area contributed by atoms with Crippen molar-refractivity contribution in [3.8, 4) is 0 Å². The van der Waals surface area contributed by atoms with Crippen molar-refractivity contribution >= 4 is 6.03 Å². The smallest absolute Gasteiger partial charge is 0.317 e. The molecule has 1 aromatic rings. The molecule has 0 bridgehead atoms. The largest absolute Gasteiger partial charge is 0.381 e. The Hall–Kier alpha value is -1.59. The van der Waals surface area contributed by atoms with Crippen LogP contribution in [-0.2, 0) is 10.2 Å². The van der Waals surface area contributed by atoms with Crippen LogP contribution in [0.1, 0.15) is 37.8 Å². The highest BCUT2D eigenvalue weighted by Crippen LogP contribution is 2.25. The first kappa shape index (κ1) is 19.2. The maximum Gasteiger partial charge on any atom is 0.317 e. The van der Waals surface area contributed by atoms with Gasteiger partial charge in [-0.25, -0.2) is 4.79 Å². The number of carbonyl (C=O) groups is 1. The predicted molar refractivity (Wildman–Crippen MR) is 105 cm³/mol. The number of piperazine rings is 1. The molecule has 0 aromatic heterocycles. The Balaban J connectivity index is 1.47. The Morgan fingerprint density at radius 3 is 2.46 bits per heavy atom. The monoisotopic (exact) mass is 359 g/mol. The molecule has 2 aliphatic rings. The van der Waals surface area contributed by atoms with Gasteiger partial charge in [-0.3, -0.25) is 4.90 Å². The first-order valence-electron chi connectivity index (χ1n) is 9.88. The quantitative estimate of drug-likeness (QED) is 0.899. The Morgan fingerprint density at radius 1 is 1.15 bits per heavy atom. The Bertz CT molecular complexity index is 603. The zero-order valence-corrected chi connectivity index (χ0v) is 16.5. The summed E-state index contributed by atoms with van der Waals surface area (Å²) in [5.41, 5.74) is 2.49. The topological polar surface area (TPSA) is 44.8 Å². The normalized spacial score (nSPS) is 20.2. The fourth-order valence-corrected chi connectivity index (χ4v) is 4.18. The van der Waals surface area contributed by atoms with Gasteiger partial charge in [0, 0.05) is 57.4 Å². The summed E-state index contributed by atoms with van der Waals surface area (Å²) in [6.07, 6.45) is 2.24. The number of rotatable bonds is 4. The predicted octanol–water partition coefficient (Wildman–Crippen LogP) is 2.78. The van der Waals surface area contributed by atoms with Gasteiger partial charge in [0.1, 0.15) is 0 Å². The van der Waals surface area contributed by atoms with Gasteiger partial charge in [-0.15, -0.1) is 0 Å². The molecule has 0 spiro atoms. The first-order chi connectivity index (χ1) is 12.5. The number of nitrogens with zero attached hydrogens (tertiary/aromatic N) is 2. The highest BCUT2D eigenvalue weighted by Gasteiger charge is 2.28. The lowest BCUT2D eigenvalue weighted by Crippen LogP contribution is -2.55. The van der Waals surface area contributed by atoms with E-state index in [4.69, 9.17) is 4.74 Å². The third-order valence-electron chi connectivity index (χ3n) is 5.86. The van der Waals surface area contributed by atoms with Crippen LogP contribution in [0.3, 0.4) is 0 Å². The fraction of sp³-hybridized carbons (Fsp3) is 0.667. The van der Waals surface area contributed by atoms with Crippen LogP contribution in [0.15, 0.2) is 24.3 Å². The molecule has 2 heterocycles. The SMILES string of the molecule is Cc1ccccc1C(C)(C)CNC(=O)N1CCN(C2CCOCC2)CC1. The van der Waals surface area contributed by atoms with Crippen LogP contribution in [-0.4, -0.2) is 67.8 Å². The first-order valence-corrected chi connectivity index (χ1v) is 9.88. The molecule has 5 nitrogen and oxygen atoms in total. The summed E-state index contributed by atoms with van der Waals surface area (Å²) in [5, 5.41) is 3.16. The molecule has 0 radical (unpaired) electrons. The van der Waals surface area contributed by atoms with Crippen LogP contribution in [0.5, 0.6) is 0 Å². The fourth-order valence-electron chi connectivity index (χ4n) is 4.18. The third kappa shape index (κ3) is 4.57. The van der Waals surface area contributed by atoms with E-state index < -0.39 is 0 Å². The Labute approximate surface area is 157 Å². The molecular formula is C21H33N3O2. The summed E-state index contributed by atoms with van der Waals surface area (Å²) >= 11 is 0. The van der Waals surface area contributed by atoms with E-state index in [2.05, 4.69) is 55.3 Å². The minimum atomic E-state index is -0.0784. The number of urea groups is 1. The molecular weight excluding hydrogens is 326 g/mol. The molecule has 2 fully saturated rings. The summed E-state index contributed by atoms with van der Waals surface area (Å²) in [7, 11) is 0. The molecule has 0 unspecified atom stereocenters. The summed E-state index contributed by atoms with van der Waals surface area (Å²) in [6.45, 7) is 12.5. The molecule has 1 N–H and O–H groups in total. The molecule has 0 atom stereocenters. The van der Waals surface area contributed by atoms with E-state index in [0.29, 0.717) is 12.6 Å². The van der Waals surface area contributed by atoms with E-state index in [-0.39, 0.29) is 11.4 Å². The molecule has 0 saturated carbocycles. The standard InChI is InChI=1S/C21H33N3O2/c1-17-6-4-5-7-19(17)21(2,3)16-22-20(25)24-12-10-23(11-13-24)18-8-14-26-15-9-18/h4-7,18H,8-16H2,1-3H3,(H,22,25). The number of ether oxygens (including phenoxy) is 1. The molecule has 5 heteroatoms. The van der Waals surface area contributed by atoms with Gasteiger partial charge in [0.15, 0.2) is 0 Å². The van der Waals surface area contributed by atoms with Gasteiger partial charge >= 0.3 is 6.03 Å². The maximum atomic E-state index is 12.6. The van der Waals surface area contributed by atoms with Crippen molar-refractivity contribution in [1.82, 2.24) is 15.1 Å². The Kier molecular flexibility index (Phi) is 6.20. The average Bonchev–Trinajstić information content (AvgIpc) is 2.67. The molecule has 3 rings (SSSR count). The van der Waals surface area contributed by atoms with E-state index >= 15 is 0 Å². The van der Waals surface area contributed by atoms with Crippen LogP contribution in [0, 0.1) is 6.92 Å². The number of aryl methyl sites for hydroxylation is 1. The van der Waals surface area contributed by atoms with Crippen LogP contribution in [0.25, 0.3) is 0 Å². The van der Waals surface area contributed by atoms with Gasteiger partial charge in [-0.1, -0.05) is 38.1 Å². The minimum Gasteiger partial charge on any atom is -0.381 e. The summed E-state index contributed by atoms with van der Waals surface area (Å²) in [5.74, 6) is 0. The summed E-state index contributed by atoms with van der Waals surface area (Å²) in [4.78, 5) is 17.1. The van der Waals surface area contributed by atoms with Crippen molar-refractivity contribution in [2.45, 2.75) is 45.1 Å². The molecule has 2 amide bonds. The Morgan fingerprint density at radius 2 is 1.81 bits per heavy atom. The molecule has 2 saturated heterocycles. The van der Waals surface area contributed by atoms with Crippen LogP contribution >= 0.6 is 0 Å². The third-order valence-corrected chi connectivity index (χ3v) is 5.86. The second kappa shape index (κ2) is 8.40. The lowest BCUT2D eigenvalue weighted by Gasteiger charge is -2.40. The second-order valence-corrected chi connectivity index (χ2v) is 8.22. The number of amides is 2. The van der Waals surface area contributed by atoms with Gasteiger partial charge < -0.3 is 15.0 Å². The highest BCUT2D eigenvalue weighted by molar-refractivity contribution is 5.74. The summed E-state index contributed by atoms with van der Waals surface area (Å²) in [6, 6.07) is 9.13. The number of benzene rings is 1. The van der Waals surface area contributed by atoms with Crippen molar-refractivity contribution in [2.24, 2.45) is 0 Å². The number of carbonyl (C=O) groups excluding carboxylic acids is 1. The van der Waals surface area contributed by atoms with E-state index in [1.807, 2.05) is 4.90 Å². The van der Waals surface area contributed by atoms with E-state index in [1.165, 1.54) is 11.1 Å². The average molecular weight is 360 g/mol. The number of nitrogens with one attached hydrogen (secondary N) is 1. The molecule has 1 aromatic carbocycles. The van der Waals surface area contributed by atoms with Crippen molar-refractivity contribution in [3.05, 3.63) is 35.4 Å². The van der Waals surface area contributed by atoms with Crippen molar-refractivity contribution in [3.63, 3.8) is 0 Å². The number of hydrogen-bond donors (Lipinski definition) is 1. The lowest BCUT2D eigenvalue weighted by molar-refractivity contribution is 0.0187. The second-order valence-electron chi connectivity index (χ2n) is 8.22. The van der Waals surface area contributed by atoms with E-state index in [0.717, 1.165) is 52.2 Å². The van der Waals surface area contributed by atoms with Crippen molar-refractivity contribution in [2.75, 3.05) is 45.9 Å². The van der Waals surface area contributed by atoms with E-state index in [1.54, 1.807) is 0 Å². The molecule has 26 heavy (non-hydrogen) atoms. The zero-order valence-electron chi connectivity index (χ0n) is 16.5. The van der Waals surface area contributed by atoms with Crippen LogP contribution in [0.2, 0.25) is 0 Å². The van der Waals surface area contributed by atoms with Crippen LogP contribution < -0.4 is 5.32 Å². The summed E-state index contributed by atoms with van der Waals surface area (Å²) < 4.78 is 5.46. The van der Waals surface area contributed by atoms with Gasteiger partial charge in [-0.2, -0.15) is 0 Å². The lowest BCUT2D eigenvalue weighted by atomic mass is 9.82.